The van der Waals surface area contributed by atoms with Gasteiger partial charge in [-0.1, -0.05) is 30.3 Å². The minimum absolute atomic E-state index is 0.0652. The zero-order valence-corrected chi connectivity index (χ0v) is 17.2. The van der Waals surface area contributed by atoms with E-state index >= 15 is 0 Å². The molecule has 164 valence electrons. The van der Waals surface area contributed by atoms with Gasteiger partial charge in [0.05, 0.1) is 9.82 Å². The summed E-state index contributed by atoms with van der Waals surface area (Å²) in [4.78, 5) is 34.7. The second-order valence-corrected chi connectivity index (χ2v) is 9.00. The highest BCUT2D eigenvalue weighted by Crippen LogP contribution is 2.26. The average Bonchev–Trinajstić information content (AvgIpc) is 3.25. The van der Waals surface area contributed by atoms with E-state index < -0.39 is 38.9 Å². The summed E-state index contributed by atoms with van der Waals surface area (Å²) in [5.41, 5.74) is 0.353. The Kier molecular flexibility index (Phi) is 6.66. The standard InChI is InChI=1S/C20H21N3O7S/c24-19(18-7-4-12-22(18)31(29,30)16-5-2-1-3-6-16)21-17(20(25)26)13-14-8-10-15(11-9-14)23(27)28/h1-3,5-6,8-11,17-18H,4,7,12-13H2,(H,21,24)(H,25,26)/t17-,18-/m0/s1. The minimum atomic E-state index is -3.90. The second kappa shape index (κ2) is 9.23. The summed E-state index contributed by atoms with van der Waals surface area (Å²) < 4.78 is 26.9. The summed E-state index contributed by atoms with van der Waals surface area (Å²) in [6.07, 6.45) is 0.656. The van der Waals surface area contributed by atoms with Crippen molar-refractivity contribution in [1.29, 1.82) is 0 Å². The van der Waals surface area contributed by atoms with Crippen LogP contribution in [0, 0.1) is 10.1 Å². The Hall–Kier alpha value is -3.31. The maximum Gasteiger partial charge on any atom is 0.326 e. The summed E-state index contributed by atoms with van der Waals surface area (Å²) in [6.45, 7) is 0.162. The largest absolute Gasteiger partial charge is 0.480 e. The Labute approximate surface area is 178 Å². The number of carbonyl (C=O) groups excluding carboxylic acids is 1. The number of nitro groups is 1. The molecule has 2 aromatic rings. The minimum Gasteiger partial charge on any atom is -0.480 e. The van der Waals surface area contributed by atoms with Crippen molar-refractivity contribution < 1.29 is 28.0 Å². The first-order valence-corrected chi connectivity index (χ1v) is 11.0. The van der Waals surface area contributed by atoms with Crippen LogP contribution in [-0.2, 0) is 26.0 Å². The molecule has 1 amide bonds. The van der Waals surface area contributed by atoms with Gasteiger partial charge in [-0.2, -0.15) is 4.31 Å². The lowest BCUT2D eigenvalue weighted by atomic mass is 10.0. The molecule has 0 radical (unpaired) electrons. The quantitative estimate of drug-likeness (QED) is 0.461. The molecule has 0 bridgehead atoms. The van der Waals surface area contributed by atoms with E-state index in [4.69, 9.17) is 0 Å². The molecule has 0 aromatic heterocycles. The molecule has 2 N–H and O–H groups in total. The van der Waals surface area contributed by atoms with E-state index in [1.165, 1.54) is 36.4 Å². The predicted octanol–water partition coefficient (Wildman–Crippen LogP) is 1.56. The van der Waals surface area contributed by atoms with E-state index in [1.807, 2.05) is 0 Å². The third-order valence-corrected chi connectivity index (χ3v) is 6.98. The number of hydrogen-bond acceptors (Lipinski definition) is 6. The number of aliphatic carboxylic acids is 1. The molecule has 0 aliphatic carbocycles. The summed E-state index contributed by atoms with van der Waals surface area (Å²) in [6, 6.07) is 10.8. The van der Waals surface area contributed by atoms with E-state index in [0.29, 0.717) is 12.0 Å². The van der Waals surface area contributed by atoms with Crippen LogP contribution in [0.2, 0.25) is 0 Å². The Morgan fingerprint density at radius 2 is 1.81 bits per heavy atom. The lowest BCUT2D eigenvalue weighted by Crippen LogP contribution is -2.51. The van der Waals surface area contributed by atoms with Gasteiger partial charge in [0.2, 0.25) is 15.9 Å². The zero-order valence-electron chi connectivity index (χ0n) is 16.4. The molecule has 1 aliphatic heterocycles. The number of nitrogens with one attached hydrogen (secondary N) is 1. The molecule has 2 atom stereocenters. The van der Waals surface area contributed by atoms with Crippen LogP contribution in [0.15, 0.2) is 59.5 Å². The van der Waals surface area contributed by atoms with Crippen LogP contribution >= 0.6 is 0 Å². The van der Waals surface area contributed by atoms with Gasteiger partial charge >= 0.3 is 5.97 Å². The Morgan fingerprint density at radius 1 is 1.16 bits per heavy atom. The number of non-ortho nitro benzene ring substituents is 1. The molecule has 31 heavy (non-hydrogen) atoms. The molecule has 0 spiro atoms. The van der Waals surface area contributed by atoms with Crippen molar-refractivity contribution in [2.75, 3.05) is 6.54 Å². The van der Waals surface area contributed by atoms with Crippen LogP contribution in [0.5, 0.6) is 0 Å². The predicted molar refractivity (Wildman–Crippen MR) is 110 cm³/mol. The van der Waals surface area contributed by atoms with Crippen molar-refractivity contribution in [3.05, 3.63) is 70.3 Å². The number of sulfonamides is 1. The first kappa shape index (κ1) is 22.4. The number of nitro benzene ring substituents is 1. The van der Waals surface area contributed by atoms with Crippen LogP contribution in [-0.4, -0.2) is 53.3 Å². The molecule has 1 fully saturated rings. The molecular weight excluding hydrogens is 426 g/mol. The van der Waals surface area contributed by atoms with Gasteiger partial charge in [0.25, 0.3) is 5.69 Å². The first-order chi connectivity index (χ1) is 14.7. The normalized spacial score (nSPS) is 17.7. The highest BCUT2D eigenvalue weighted by Gasteiger charge is 2.40. The van der Waals surface area contributed by atoms with E-state index in [2.05, 4.69) is 5.32 Å². The molecule has 0 saturated carbocycles. The smallest absolute Gasteiger partial charge is 0.326 e. The van der Waals surface area contributed by atoms with Gasteiger partial charge in [-0.3, -0.25) is 14.9 Å². The molecule has 1 aliphatic rings. The molecule has 2 aromatic carbocycles. The molecule has 1 saturated heterocycles. The molecular formula is C20H21N3O7S. The fraction of sp³-hybridized carbons (Fsp3) is 0.300. The monoisotopic (exact) mass is 447 g/mol. The van der Waals surface area contributed by atoms with Crippen molar-refractivity contribution in [1.82, 2.24) is 9.62 Å². The van der Waals surface area contributed by atoms with Gasteiger partial charge < -0.3 is 10.4 Å². The molecule has 3 rings (SSSR count). The summed E-state index contributed by atoms with van der Waals surface area (Å²) in [5, 5.41) is 22.7. The average molecular weight is 447 g/mol. The number of carboxylic acids is 1. The number of hydrogen-bond donors (Lipinski definition) is 2. The summed E-state index contributed by atoms with van der Waals surface area (Å²) >= 11 is 0. The third kappa shape index (κ3) is 5.06. The van der Waals surface area contributed by atoms with Gasteiger partial charge in [0, 0.05) is 25.1 Å². The van der Waals surface area contributed by atoms with E-state index in [0.717, 1.165) is 4.31 Å². The van der Waals surface area contributed by atoms with Gasteiger partial charge in [0.15, 0.2) is 0 Å². The first-order valence-electron chi connectivity index (χ1n) is 9.53. The number of benzene rings is 2. The summed E-state index contributed by atoms with van der Waals surface area (Å²) in [7, 11) is -3.90. The highest BCUT2D eigenvalue weighted by molar-refractivity contribution is 7.89. The van der Waals surface area contributed by atoms with E-state index in [1.54, 1.807) is 18.2 Å². The van der Waals surface area contributed by atoms with Crippen molar-refractivity contribution >= 4 is 27.6 Å². The van der Waals surface area contributed by atoms with Crippen molar-refractivity contribution in [2.45, 2.75) is 36.2 Å². The van der Waals surface area contributed by atoms with Gasteiger partial charge in [-0.05, 0) is 30.5 Å². The SMILES string of the molecule is O=C(O)[C@H](Cc1ccc([N+](=O)[O-])cc1)NC(=O)[C@@H]1CCCN1S(=O)(=O)c1ccccc1. The van der Waals surface area contributed by atoms with Crippen LogP contribution in [0.1, 0.15) is 18.4 Å². The zero-order chi connectivity index (χ0) is 22.6. The van der Waals surface area contributed by atoms with Gasteiger partial charge in [-0.25, -0.2) is 13.2 Å². The van der Waals surface area contributed by atoms with Crippen molar-refractivity contribution in [2.24, 2.45) is 0 Å². The Bertz CT molecular complexity index is 1070. The highest BCUT2D eigenvalue weighted by atomic mass is 32.2. The van der Waals surface area contributed by atoms with E-state index in [9.17, 15) is 33.2 Å². The van der Waals surface area contributed by atoms with Gasteiger partial charge in [-0.15, -0.1) is 0 Å². The maximum atomic E-state index is 12.9. The molecule has 0 unspecified atom stereocenters. The summed E-state index contributed by atoms with van der Waals surface area (Å²) in [5.74, 6) is -1.98. The van der Waals surface area contributed by atoms with Gasteiger partial charge in [0.1, 0.15) is 12.1 Å². The van der Waals surface area contributed by atoms with Crippen LogP contribution < -0.4 is 5.32 Å². The number of nitrogens with zero attached hydrogens (tertiary/aromatic N) is 2. The van der Waals surface area contributed by atoms with Crippen LogP contribution in [0.3, 0.4) is 0 Å². The fourth-order valence-corrected chi connectivity index (χ4v) is 5.15. The number of carboxylic acid groups (broad SMARTS) is 1. The van der Waals surface area contributed by atoms with Crippen molar-refractivity contribution in [3.63, 3.8) is 0 Å². The Balaban J connectivity index is 1.74. The third-order valence-electron chi connectivity index (χ3n) is 5.06. The molecule has 1 heterocycles. The number of amides is 1. The maximum absolute atomic E-state index is 12.9. The fourth-order valence-electron chi connectivity index (χ4n) is 3.48. The van der Waals surface area contributed by atoms with Crippen LogP contribution in [0.4, 0.5) is 5.69 Å². The lowest BCUT2D eigenvalue weighted by Gasteiger charge is -2.25. The number of carbonyl (C=O) groups is 2. The topological polar surface area (TPSA) is 147 Å². The lowest BCUT2D eigenvalue weighted by molar-refractivity contribution is -0.384. The van der Waals surface area contributed by atoms with E-state index in [-0.39, 0.29) is 30.0 Å². The second-order valence-electron chi connectivity index (χ2n) is 7.11. The molecule has 10 nitrogen and oxygen atoms in total. The number of rotatable bonds is 8. The Morgan fingerprint density at radius 3 is 2.39 bits per heavy atom. The molecule has 11 heteroatoms. The van der Waals surface area contributed by atoms with Crippen LogP contribution in [0.25, 0.3) is 0 Å². The van der Waals surface area contributed by atoms with Crippen molar-refractivity contribution in [3.8, 4) is 0 Å².